The maximum atomic E-state index is 11.9. The molecule has 2 aromatic rings. The van der Waals surface area contributed by atoms with Crippen molar-refractivity contribution in [1.82, 2.24) is 4.37 Å². The summed E-state index contributed by atoms with van der Waals surface area (Å²) in [5, 5.41) is 23.1. The van der Waals surface area contributed by atoms with Crippen LogP contribution in [0, 0.1) is 17.0 Å². The molecule has 0 aliphatic carbocycles. The van der Waals surface area contributed by atoms with Crippen LogP contribution in [0.3, 0.4) is 0 Å². The number of benzene rings is 1. The van der Waals surface area contributed by atoms with E-state index < -0.39 is 22.3 Å². The number of hydrogen-bond donors (Lipinski definition) is 2. The molecule has 0 unspecified atom stereocenters. The number of nitrogens with one attached hydrogen (secondary N) is 1. The lowest BCUT2D eigenvalue weighted by Crippen LogP contribution is -2.11. The van der Waals surface area contributed by atoms with Gasteiger partial charge in [0.1, 0.15) is 5.00 Å². The first-order valence-electron chi connectivity index (χ1n) is 5.19. The summed E-state index contributed by atoms with van der Waals surface area (Å²) in [5.74, 6) is -0.970. The van der Waals surface area contributed by atoms with Crippen molar-refractivity contribution in [1.29, 1.82) is 0 Å². The molecule has 2 rings (SSSR count). The summed E-state index contributed by atoms with van der Waals surface area (Å²) in [6.45, 7) is 1.79. The number of nitro benzene ring substituents is 1. The second-order valence-corrected chi connectivity index (χ2v) is 4.55. The number of carbonyl (C=O) groups excluding carboxylic acids is 1. The van der Waals surface area contributed by atoms with Crippen molar-refractivity contribution in [2.24, 2.45) is 0 Å². The predicted octanol–water partition coefficient (Wildman–Crippen LogP) is 2.32. The molecule has 0 spiro atoms. The Kier molecular flexibility index (Phi) is 3.43. The standard InChI is InChI=1S/C11H9N3O4S/c1-6-4-10(19-13-6)12-11(16)7-2-3-9(15)8(5-7)14(17)18/h2-5,15H,1H3,(H,12,16). The van der Waals surface area contributed by atoms with Gasteiger partial charge in [0, 0.05) is 11.6 Å². The molecule has 1 amide bonds. The van der Waals surface area contributed by atoms with Gasteiger partial charge in [0.25, 0.3) is 5.91 Å². The van der Waals surface area contributed by atoms with E-state index in [0.717, 1.165) is 29.4 Å². The van der Waals surface area contributed by atoms with E-state index in [-0.39, 0.29) is 5.56 Å². The third-order valence-electron chi connectivity index (χ3n) is 2.30. The highest BCUT2D eigenvalue weighted by atomic mass is 32.1. The number of aromatic nitrogens is 1. The summed E-state index contributed by atoms with van der Waals surface area (Å²) in [5.41, 5.74) is 0.362. The van der Waals surface area contributed by atoms with Gasteiger partial charge in [-0.1, -0.05) is 0 Å². The zero-order valence-electron chi connectivity index (χ0n) is 9.78. The lowest BCUT2D eigenvalue weighted by atomic mass is 10.2. The number of nitrogens with zero attached hydrogens (tertiary/aromatic N) is 2. The van der Waals surface area contributed by atoms with Crippen molar-refractivity contribution in [3.05, 3.63) is 45.6 Å². The van der Waals surface area contributed by atoms with Crippen LogP contribution < -0.4 is 5.32 Å². The van der Waals surface area contributed by atoms with Gasteiger partial charge in [-0.2, -0.15) is 4.37 Å². The molecule has 19 heavy (non-hydrogen) atoms. The topological polar surface area (TPSA) is 105 Å². The van der Waals surface area contributed by atoms with Gasteiger partial charge in [0.05, 0.1) is 10.6 Å². The number of rotatable bonds is 3. The predicted molar refractivity (Wildman–Crippen MR) is 69.6 cm³/mol. The number of aryl methyl sites for hydroxylation is 1. The minimum atomic E-state index is -0.747. The number of anilines is 1. The normalized spacial score (nSPS) is 10.2. The lowest BCUT2D eigenvalue weighted by molar-refractivity contribution is -0.385. The fourth-order valence-corrected chi connectivity index (χ4v) is 2.07. The summed E-state index contributed by atoms with van der Waals surface area (Å²) in [7, 11) is 0. The average Bonchev–Trinajstić information content (AvgIpc) is 2.74. The van der Waals surface area contributed by atoms with Crippen LogP contribution in [0.25, 0.3) is 0 Å². The third-order valence-corrected chi connectivity index (χ3v) is 3.09. The van der Waals surface area contributed by atoms with E-state index in [1.807, 2.05) is 0 Å². The zero-order chi connectivity index (χ0) is 14.0. The van der Waals surface area contributed by atoms with Crippen LogP contribution >= 0.6 is 11.5 Å². The number of phenols is 1. The molecule has 0 radical (unpaired) electrons. The summed E-state index contributed by atoms with van der Waals surface area (Å²) >= 11 is 1.12. The summed E-state index contributed by atoms with van der Waals surface area (Å²) in [6, 6.07) is 5.15. The van der Waals surface area contributed by atoms with Gasteiger partial charge in [-0.25, -0.2) is 0 Å². The summed E-state index contributed by atoms with van der Waals surface area (Å²) in [4.78, 5) is 21.8. The number of aromatic hydroxyl groups is 1. The quantitative estimate of drug-likeness (QED) is 0.662. The third kappa shape index (κ3) is 2.86. The second-order valence-electron chi connectivity index (χ2n) is 3.75. The molecule has 0 saturated heterocycles. The van der Waals surface area contributed by atoms with Crippen LogP contribution in [0.2, 0.25) is 0 Å². The van der Waals surface area contributed by atoms with Gasteiger partial charge in [0.15, 0.2) is 5.75 Å². The molecule has 0 aliphatic rings. The van der Waals surface area contributed by atoms with E-state index >= 15 is 0 Å². The van der Waals surface area contributed by atoms with E-state index in [1.165, 1.54) is 6.07 Å². The van der Waals surface area contributed by atoms with Gasteiger partial charge in [-0.15, -0.1) is 0 Å². The fourth-order valence-electron chi connectivity index (χ4n) is 1.42. The molecule has 1 heterocycles. The average molecular weight is 279 g/mol. The van der Waals surface area contributed by atoms with Crippen molar-refractivity contribution in [3.8, 4) is 5.75 Å². The van der Waals surface area contributed by atoms with E-state index in [2.05, 4.69) is 9.69 Å². The Balaban J connectivity index is 2.24. The Bertz CT molecular complexity index is 653. The minimum absolute atomic E-state index is 0.0931. The molecule has 0 aliphatic heterocycles. The van der Waals surface area contributed by atoms with Gasteiger partial charge < -0.3 is 10.4 Å². The fraction of sp³-hybridized carbons (Fsp3) is 0.0909. The van der Waals surface area contributed by atoms with E-state index in [9.17, 15) is 20.0 Å². The Morgan fingerprint density at radius 1 is 1.47 bits per heavy atom. The van der Waals surface area contributed by atoms with Crippen molar-refractivity contribution in [2.45, 2.75) is 6.92 Å². The lowest BCUT2D eigenvalue weighted by Gasteiger charge is -2.02. The van der Waals surface area contributed by atoms with Crippen LogP contribution in [-0.2, 0) is 0 Å². The maximum Gasteiger partial charge on any atom is 0.311 e. The number of carbonyl (C=O) groups is 1. The highest BCUT2D eigenvalue weighted by Gasteiger charge is 2.17. The van der Waals surface area contributed by atoms with Crippen molar-refractivity contribution in [2.75, 3.05) is 5.32 Å². The second kappa shape index (κ2) is 5.02. The highest BCUT2D eigenvalue weighted by Crippen LogP contribution is 2.27. The molecule has 2 N–H and O–H groups in total. The smallest absolute Gasteiger partial charge is 0.311 e. The molecule has 8 heteroatoms. The van der Waals surface area contributed by atoms with E-state index in [4.69, 9.17) is 0 Å². The SMILES string of the molecule is Cc1cc(NC(=O)c2ccc(O)c([N+](=O)[O-])c2)sn1. The molecule has 1 aromatic carbocycles. The van der Waals surface area contributed by atoms with E-state index in [0.29, 0.717) is 5.00 Å². The molecule has 0 fully saturated rings. The van der Waals surface area contributed by atoms with Crippen LogP contribution in [0.1, 0.15) is 16.1 Å². The van der Waals surface area contributed by atoms with Crippen LogP contribution in [0.5, 0.6) is 5.75 Å². The molecule has 1 aromatic heterocycles. The van der Waals surface area contributed by atoms with E-state index in [1.54, 1.807) is 13.0 Å². The molecule has 98 valence electrons. The molecule has 0 saturated carbocycles. The zero-order valence-corrected chi connectivity index (χ0v) is 10.6. The molecule has 0 atom stereocenters. The molecular formula is C11H9N3O4S. The largest absolute Gasteiger partial charge is 0.502 e. The Hall–Kier alpha value is -2.48. The first-order valence-corrected chi connectivity index (χ1v) is 5.97. The number of nitro groups is 1. The van der Waals surface area contributed by atoms with Crippen LogP contribution in [0.15, 0.2) is 24.3 Å². The van der Waals surface area contributed by atoms with Crippen LogP contribution in [-0.4, -0.2) is 20.3 Å². The first kappa shape index (κ1) is 13.0. The van der Waals surface area contributed by atoms with Gasteiger partial charge in [0.2, 0.25) is 0 Å². The molecule has 0 bridgehead atoms. The first-order chi connectivity index (χ1) is 8.97. The summed E-state index contributed by atoms with van der Waals surface area (Å²) in [6.07, 6.45) is 0. The van der Waals surface area contributed by atoms with Gasteiger partial charge >= 0.3 is 5.69 Å². The minimum Gasteiger partial charge on any atom is -0.502 e. The Labute approximate surface area is 111 Å². The van der Waals surface area contributed by atoms with Crippen molar-refractivity contribution >= 4 is 28.1 Å². The monoisotopic (exact) mass is 279 g/mol. The number of hydrogen-bond acceptors (Lipinski definition) is 6. The number of amides is 1. The molecular weight excluding hydrogens is 270 g/mol. The summed E-state index contributed by atoms with van der Waals surface area (Å²) < 4.78 is 4.00. The van der Waals surface area contributed by atoms with Crippen molar-refractivity contribution in [3.63, 3.8) is 0 Å². The van der Waals surface area contributed by atoms with Gasteiger partial charge in [-0.3, -0.25) is 14.9 Å². The van der Waals surface area contributed by atoms with Gasteiger partial charge in [-0.05, 0) is 36.7 Å². The Morgan fingerprint density at radius 3 is 2.79 bits per heavy atom. The van der Waals surface area contributed by atoms with Crippen molar-refractivity contribution < 1.29 is 14.8 Å². The number of phenolic OH excluding ortho intramolecular Hbond substituents is 1. The Morgan fingerprint density at radius 2 is 2.21 bits per heavy atom. The molecule has 7 nitrogen and oxygen atoms in total. The maximum absolute atomic E-state index is 11.9. The highest BCUT2D eigenvalue weighted by molar-refractivity contribution is 7.10. The van der Waals surface area contributed by atoms with Crippen LogP contribution in [0.4, 0.5) is 10.7 Å².